The van der Waals surface area contributed by atoms with E-state index < -0.39 is 5.54 Å². The highest BCUT2D eigenvalue weighted by Gasteiger charge is 2.46. The average Bonchev–Trinajstić information content (AvgIpc) is 2.80. The van der Waals surface area contributed by atoms with Crippen LogP contribution in [0.1, 0.15) is 60.3 Å². The molecule has 1 aliphatic rings. The Morgan fingerprint density at radius 3 is 2.65 bits per heavy atom. The Balaban J connectivity index is 2.61. The minimum absolute atomic E-state index is 0.0552. The lowest BCUT2D eigenvalue weighted by Gasteiger charge is -2.30. The van der Waals surface area contributed by atoms with E-state index in [0.29, 0.717) is 17.9 Å². The Bertz CT molecular complexity index is 309. The molecule has 1 aliphatic carbocycles. The highest BCUT2D eigenvalue weighted by molar-refractivity contribution is 7.99. The fourth-order valence-electron chi connectivity index (χ4n) is 2.76. The largest absolute Gasteiger partial charge is 0.465 e. The fraction of sp³-hybridized carbons (Fsp3) is 0.938. The normalized spacial score (nSPS) is 27.8. The van der Waals surface area contributed by atoms with Gasteiger partial charge in [-0.15, -0.1) is 0 Å². The molecular weight excluding hydrogens is 270 g/mol. The summed E-state index contributed by atoms with van der Waals surface area (Å²) in [4.78, 5) is 12.3. The molecule has 4 heteroatoms. The molecule has 0 aromatic carbocycles. The van der Waals surface area contributed by atoms with E-state index in [0.717, 1.165) is 25.2 Å². The molecule has 118 valence electrons. The molecule has 0 heterocycles. The minimum atomic E-state index is -0.447. The predicted molar refractivity (Wildman–Crippen MR) is 87.2 cm³/mol. The first-order valence-electron chi connectivity index (χ1n) is 8.00. The highest BCUT2D eigenvalue weighted by Crippen LogP contribution is 2.39. The van der Waals surface area contributed by atoms with Crippen LogP contribution in [0.5, 0.6) is 0 Å². The van der Waals surface area contributed by atoms with Crippen LogP contribution >= 0.6 is 11.8 Å². The summed E-state index contributed by atoms with van der Waals surface area (Å²) < 4.78 is 5.31. The number of thioether (sulfide) groups is 1. The first-order valence-corrected chi connectivity index (χ1v) is 9.05. The molecular formula is C16H31NO2S. The van der Waals surface area contributed by atoms with Gasteiger partial charge < -0.3 is 4.74 Å². The van der Waals surface area contributed by atoms with E-state index in [-0.39, 0.29) is 5.97 Å². The van der Waals surface area contributed by atoms with Gasteiger partial charge in [0.2, 0.25) is 0 Å². The van der Waals surface area contributed by atoms with Crippen LogP contribution in [0.4, 0.5) is 0 Å². The zero-order valence-corrected chi connectivity index (χ0v) is 14.5. The number of ether oxygens (including phenoxy) is 1. The van der Waals surface area contributed by atoms with Crippen molar-refractivity contribution in [3.8, 4) is 0 Å². The molecule has 3 atom stereocenters. The van der Waals surface area contributed by atoms with Gasteiger partial charge >= 0.3 is 5.97 Å². The van der Waals surface area contributed by atoms with Crippen molar-refractivity contribution in [2.24, 2.45) is 5.92 Å². The highest BCUT2D eigenvalue weighted by atomic mass is 32.2. The second kappa shape index (κ2) is 8.28. The molecule has 3 nitrogen and oxygen atoms in total. The first kappa shape index (κ1) is 17.8. The smallest absolute Gasteiger partial charge is 0.326 e. The van der Waals surface area contributed by atoms with Gasteiger partial charge in [0.1, 0.15) is 5.54 Å². The molecule has 0 aromatic rings. The van der Waals surface area contributed by atoms with Crippen LogP contribution in [-0.4, -0.2) is 35.2 Å². The Morgan fingerprint density at radius 1 is 1.40 bits per heavy atom. The maximum Gasteiger partial charge on any atom is 0.326 e. The molecule has 0 amide bonds. The van der Waals surface area contributed by atoms with Crippen molar-refractivity contribution < 1.29 is 9.53 Å². The Labute approximate surface area is 128 Å². The number of nitrogens with one attached hydrogen (secondary N) is 1. The van der Waals surface area contributed by atoms with Crippen LogP contribution in [0.25, 0.3) is 0 Å². The molecule has 0 bridgehead atoms. The molecule has 0 saturated heterocycles. The van der Waals surface area contributed by atoms with E-state index in [9.17, 15) is 4.79 Å². The van der Waals surface area contributed by atoms with Crippen molar-refractivity contribution >= 4 is 17.7 Å². The second-order valence-electron chi connectivity index (χ2n) is 6.31. The number of carbonyl (C=O) groups excluding carboxylic acids is 1. The van der Waals surface area contributed by atoms with Crippen molar-refractivity contribution in [3.63, 3.8) is 0 Å². The summed E-state index contributed by atoms with van der Waals surface area (Å²) in [6.45, 7) is 11.1. The van der Waals surface area contributed by atoms with E-state index in [1.807, 2.05) is 18.7 Å². The number of hydrogen-bond donors (Lipinski definition) is 1. The quantitative estimate of drug-likeness (QED) is 0.695. The average molecular weight is 301 g/mol. The molecule has 0 spiro atoms. The van der Waals surface area contributed by atoms with Gasteiger partial charge in [-0.3, -0.25) is 10.1 Å². The SMILES string of the molecule is CCOC(=O)C1(NC(C)C)CCC(SCC(C)CC)C1. The van der Waals surface area contributed by atoms with Gasteiger partial charge in [-0.25, -0.2) is 0 Å². The monoisotopic (exact) mass is 301 g/mol. The Hall–Kier alpha value is -0.220. The molecule has 0 radical (unpaired) electrons. The molecule has 1 N–H and O–H groups in total. The van der Waals surface area contributed by atoms with E-state index in [2.05, 4.69) is 33.0 Å². The summed E-state index contributed by atoms with van der Waals surface area (Å²) in [5, 5.41) is 4.07. The number of hydrogen-bond acceptors (Lipinski definition) is 4. The topological polar surface area (TPSA) is 38.3 Å². The lowest BCUT2D eigenvalue weighted by molar-refractivity contribution is -0.151. The number of carbonyl (C=O) groups is 1. The maximum atomic E-state index is 12.3. The standard InChI is InChI=1S/C16H31NO2S/c1-6-13(5)11-20-14-8-9-16(10-14,17-12(3)4)15(18)19-7-2/h12-14,17H,6-11H2,1-5H3. The van der Waals surface area contributed by atoms with Crippen LogP contribution in [0.15, 0.2) is 0 Å². The van der Waals surface area contributed by atoms with Crippen molar-refractivity contribution in [2.45, 2.75) is 77.1 Å². The van der Waals surface area contributed by atoms with Crippen LogP contribution in [0.3, 0.4) is 0 Å². The van der Waals surface area contributed by atoms with E-state index in [1.54, 1.807) is 0 Å². The van der Waals surface area contributed by atoms with Crippen LogP contribution < -0.4 is 5.32 Å². The van der Waals surface area contributed by atoms with Crippen molar-refractivity contribution in [3.05, 3.63) is 0 Å². The van der Waals surface area contributed by atoms with Gasteiger partial charge in [-0.1, -0.05) is 20.3 Å². The van der Waals surface area contributed by atoms with Crippen LogP contribution in [0, 0.1) is 5.92 Å². The van der Waals surface area contributed by atoms with Gasteiger partial charge in [0.15, 0.2) is 0 Å². The van der Waals surface area contributed by atoms with E-state index >= 15 is 0 Å². The molecule has 1 fully saturated rings. The summed E-state index contributed by atoms with van der Waals surface area (Å²) >= 11 is 2.03. The lowest BCUT2D eigenvalue weighted by Crippen LogP contribution is -2.54. The van der Waals surface area contributed by atoms with Crippen molar-refractivity contribution in [1.29, 1.82) is 0 Å². The third-order valence-corrected chi connectivity index (χ3v) is 5.65. The van der Waals surface area contributed by atoms with Crippen LogP contribution in [-0.2, 0) is 9.53 Å². The third kappa shape index (κ3) is 4.96. The molecule has 0 aliphatic heterocycles. The zero-order valence-electron chi connectivity index (χ0n) is 13.7. The molecule has 0 aromatic heterocycles. The van der Waals surface area contributed by atoms with Crippen LogP contribution in [0.2, 0.25) is 0 Å². The van der Waals surface area contributed by atoms with Gasteiger partial charge in [0.05, 0.1) is 6.61 Å². The number of esters is 1. The molecule has 3 unspecified atom stereocenters. The lowest BCUT2D eigenvalue weighted by atomic mass is 9.96. The summed E-state index contributed by atoms with van der Waals surface area (Å²) in [6.07, 6.45) is 4.15. The first-order chi connectivity index (χ1) is 9.43. The fourth-order valence-corrected chi connectivity index (χ4v) is 4.28. The predicted octanol–water partition coefficient (Wildman–Crippen LogP) is 3.62. The van der Waals surface area contributed by atoms with E-state index in [4.69, 9.17) is 4.74 Å². The summed E-state index contributed by atoms with van der Waals surface area (Å²) in [5.74, 6) is 1.90. The Kier molecular flexibility index (Phi) is 7.38. The maximum absolute atomic E-state index is 12.3. The van der Waals surface area contributed by atoms with Crippen molar-refractivity contribution in [2.75, 3.05) is 12.4 Å². The van der Waals surface area contributed by atoms with Gasteiger partial charge in [-0.05, 0) is 51.7 Å². The van der Waals surface area contributed by atoms with E-state index in [1.165, 1.54) is 12.2 Å². The van der Waals surface area contributed by atoms with Gasteiger partial charge in [0.25, 0.3) is 0 Å². The number of rotatable bonds is 8. The summed E-state index contributed by atoms with van der Waals surface area (Å²) in [7, 11) is 0. The van der Waals surface area contributed by atoms with Crippen molar-refractivity contribution in [1.82, 2.24) is 5.32 Å². The summed E-state index contributed by atoms with van der Waals surface area (Å²) in [5.41, 5.74) is -0.447. The van der Waals surface area contributed by atoms with Gasteiger partial charge in [-0.2, -0.15) is 11.8 Å². The van der Waals surface area contributed by atoms with Gasteiger partial charge in [0, 0.05) is 11.3 Å². The third-order valence-electron chi connectivity index (χ3n) is 4.01. The molecule has 1 rings (SSSR count). The zero-order chi connectivity index (χ0) is 15.2. The Morgan fingerprint density at radius 2 is 2.10 bits per heavy atom. The molecule has 1 saturated carbocycles. The minimum Gasteiger partial charge on any atom is -0.465 e. The molecule has 20 heavy (non-hydrogen) atoms. The summed E-state index contributed by atoms with van der Waals surface area (Å²) in [6, 6.07) is 0.303. The second-order valence-corrected chi connectivity index (χ2v) is 7.65.